The van der Waals surface area contributed by atoms with Gasteiger partial charge in [-0.2, -0.15) is 4.68 Å². The molecule has 1 aromatic heterocycles. The van der Waals surface area contributed by atoms with Crippen molar-refractivity contribution in [2.75, 3.05) is 12.1 Å². The summed E-state index contributed by atoms with van der Waals surface area (Å²) in [6, 6.07) is 13.1. The standard InChI is InChI=1S/C18H17N5O3S/c1-11-3-6-14(7-4-11)23-18(20-21-22-23)27-12(2)17(24)19-13-5-8-15-16(9-13)26-10-25-15/h3-9,12H,10H2,1-2H3,(H,19,24). The minimum absolute atomic E-state index is 0.155. The van der Waals surface area contributed by atoms with Crippen LogP contribution in [0.25, 0.3) is 5.69 Å². The van der Waals surface area contributed by atoms with Gasteiger partial charge in [-0.3, -0.25) is 4.79 Å². The van der Waals surface area contributed by atoms with E-state index in [0.717, 1.165) is 11.3 Å². The molecule has 1 amide bonds. The highest BCUT2D eigenvalue weighted by Crippen LogP contribution is 2.34. The van der Waals surface area contributed by atoms with Gasteiger partial charge in [0.1, 0.15) is 0 Å². The van der Waals surface area contributed by atoms with Gasteiger partial charge in [-0.1, -0.05) is 29.5 Å². The van der Waals surface area contributed by atoms with Crippen LogP contribution in [0.15, 0.2) is 47.6 Å². The molecule has 0 aliphatic carbocycles. The third-order valence-corrected chi connectivity index (χ3v) is 5.04. The van der Waals surface area contributed by atoms with Gasteiger partial charge in [0, 0.05) is 11.8 Å². The monoisotopic (exact) mass is 383 g/mol. The zero-order valence-electron chi connectivity index (χ0n) is 14.7. The fourth-order valence-corrected chi connectivity index (χ4v) is 3.34. The first-order valence-corrected chi connectivity index (χ1v) is 9.21. The fourth-order valence-electron chi connectivity index (χ4n) is 2.53. The highest BCUT2D eigenvalue weighted by atomic mass is 32.2. The van der Waals surface area contributed by atoms with Gasteiger partial charge in [-0.05, 0) is 48.5 Å². The van der Waals surface area contributed by atoms with Crippen LogP contribution in [-0.4, -0.2) is 38.2 Å². The Balaban J connectivity index is 1.45. The predicted molar refractivity (Wildman–Crippen MR) is 100 cm³/mol. The smallest absolute Gasteiger partial charge is 0.237 e. The summed E-state index contributed by atoms with van der Waals surface area (Å²) in [5.74, 6) is 1.14. The first-order valence-electron chi connectivity index (χ1n) is 8.33. The van der Waals surface area contributed by atoms with Crippen LogP contribution >= 0.6 is 11.8 Å². The van der Waals surface area contributed by atoms with Crippen LogP contribution in [0.1, 0.15) is 12.5 Å². The number of amides is 1. The van der Waals surface area contributed by atoms with Crippen molar-refractivity contribution in [1.82, 2.24) is 20.2 Å². The normalized spacial score (nSPS) is 13.4. The zero-order chi connectivity index (χ0) is 18.8. The average Bonchev–Trinajstić information content (AvgIpc) is 3.31. The number of thioether (sulfide) groups is 1. The molecule has 2 aromatic carbocycles. The zero-order valence-corrected chi connectivity index (χ0v) is 15.6. The van der Waals surface area contributed by atoms with Crippen LogP contribution in [0.2, 0.25) is 0 Å². The number of aromatic nitrogens is 4. The van der Waals surface area contributed by atoms with Crippen molar-refractivity contribution < 1.29 is 14.3 Å². The lowest BCUT2D eigenvalue weighted by molar-refractivity contribution is -0.115. The van der Waals surface area contributed by atoms with Gasteiger partial charge in [0.2, 0.25) is 17.9 Å². The van der Waals surface area contributed by atoms with Gasteiger partial charge in [0.25, 0.3) is 0 Å². The number of aryl methyl sites for hydroxylation is 1. The van der Waals surface area contributed by atoms with Crippen molar-refractivity contribution in [3.63, 3.8) is 0 Å². The molecule has 0 fully saturated rings. The maximum absolute atomic E-state index is 12.5. The van der Waals surface area contributed by atoms with Crippen LogP contribution in [0, 0.1) is 6.92 Å². The summed E-state index contributed by atoms with van der Waals surface area (Å²) >= 11 is 1.29. The molecule has 2 heterocycles. The molecule has 0 radical (unpaired) electrons. The Morgan fingerprint density at radius 2 is 1.96 bits per heavy atom. The van der Waals surface area contributed by atoms with Crippen molar-refractivity contribution in [3.05, 3.63) is 48.0 Å². The highest BCUT2D eigenvalue weighted by molar-refractivity contribution is 8.00. The number of anilines is 1. The molecule has 138 valence electrons. The number of nitrogens with one attached hydrogen (secondary N) is 1. The molecule has 3 aromatic rings. The van der Waals surface area contributed by atoms with E-state index in [1.54, 1.807) is 29.8 Å². The lowest BCUT2D eigenvalue weighted by atomic mass is 10.2. The number of carbonyl (C=O) groups is 1. The molecule has 0 saturated carbocycles. The lowest BCUT2D eigenvalue weighted by Crippen LogP contribution is -2.22. The van der Waals surface area contributed by atoms with Crippen molar-refractivity contribution >= 4 is 23.4 Å². The number of fused-ring (bicyclic) bond motifs is 1. The summed E-state index contributed by atoms with van der Waals surface area (Å²) in [4.78, 5) is 12.5. The first-order chi connectivity index (χ1) is 13.1. The van der Waals surface area contributed by atoms with E-state index in [-0.39, 0.29) is 12.7 Å². The molecular weight excluding hydrogens is 366 g/mol. The molecule has 1 aliphatic rings. The molecule has 9 heteroatoms. The number of ether oxygens (including phenoxy) is 2. The quantitative estimate of drug-likeness (QED) is 0.678. The first kappa shape index (κ1) is 17.3. The second-order valence-electron chi connectivity index (χ2n) is 6.03. The lowest BCUT2D eigenvalue weighted by Gasteiger charge is -2.12. The summed E-state index contributed by atoms with van der Waals surface area (Å²) < 4.78 is 12.2. The van der Waals surface area contributed by atoms with E-state index in [2.05, 4.69) is 20.8 Å². The summed E-state index contributed by atoms with van der Waals surface area (Å²) in [7, 11) is 0. The van der Waals surface area contributed by atoms with Crippen molar-refractivity contribution in [1.29, 1.82) is 0 Å². The average molecular weight is 383 g/mol. The molecular formula is C18H17N5O3S. The SMILES string of the molecule is Cc1ccc(-n2nnnc2SC(C)C(=O)Nc2ccc3c(c2)OCO3)cc1. The second kappa shape index (κ2) is 7.28. The van der Waals surface area contributed by atoms with Gasteiger partial charge >= 0.3 is 0 Å². The third-order valence-electron chi connectivity index (χ3n) is 4.01. The summed E-state index contributed by atoms with van der Waals surface area (Å²) in [6.45, 7) is 4.02. The number of hydrogen-bond donors (Lipinski definition) is 1. The Morgan fingerprint density at radius 1 is 1.19 bits per heavy atom. The number of tetrazole rings is 1. The fraction of sp³-hybridized carbons (Fsp3) is 0.222. The number of benzene rings is 2. The van der Waals surface area contributed by atoms with E-state index >= 15 is 0 Å². The number of rotatable bonds is 5. The van der Waals surface area contributed by atoms with Crippen molar-refractivity contribution in [2.45, 2.75) is 24.3 Å². The van der Waals surface area contributed by atoms with Gasteiger partial charge in [-0.25, -0.2) is 0 Å². The molecule has 1 aliphatic heterocycles. The topological polar surface area (TPSA) is 91.2 Å². The van der Waals surface area contributed by atoms with Gasteiger partial charge < -0.3 is 14.8 Å². The molecule has 27 heavy (non-hydrogen) atoms. The van der Waals surface area contributed by atoms with E-state index in [1.165, 1.54) is 11.8 Å². The van der Waals surface area contributed by atoms with E-state index < -0.39 is 5.25 Å². The van der Waals surface area contributed by atoms with Gasteiger partial charge in [0.05, 0.1) is 10.9 Å². The number of nitrogens with zero attached hydrogens (tertiary/aromatic N) is 4. The van der Waals surface area contributed by atoms with Gasteiger partial charge in [-0.15, -0.1) is 5.10 Å². The highest BCUT2D eigenvalue weighted by Gasteiger charge is 2.20. The molecule has 1 unspecified atom stereocenters. The van der Waals surface area contributed by atoms with E-state index in [1.807, 2.05) is 31.2 Å². The minimum Gasteiger partial charge on any atom is -0.454 e. The molecule has 1 atom stereocenters. The van der Waals surface area contributed by atoms with Crippen LogP contribution in [0.5, 0.6) is 11.5 Å². The second-order valence-corrected chi connectivity index (χ2v) is 7.33. The Labute approximate surface area is 159 Å². The van der Waals surface area contributed by atoms with E-state index in [0.29, 0.717) is 22.3 Å². The third kappa shape index (κ3) is 3.72. The minimum atomic E-state index is -0.398. The maximum Gasteiger partial charge on any atom is 0.237 e. The maximum atomic E-state index is 12.5. The number of hydrogen-bond acceptors (Lipinski definition) is 7. The summed E-state index contributed by atoms with van der Waals surface area (Å²) in [5, 5.41) is 14.8. The Morgan fingerprint density at radius 3 is 2.78 bits per heavy atom. The molecule has 0 saturated heterocycles. The van der Waals surface area contributed by atoms with E-state index in [9.17, 15) is 4.79 Å². The van der Waals surface area contributed by atoms with Crippen molar-refractivity contribution in [3.8, 4) is 17.2 Å². The van der Waals surface area contributed by atoms with Crippen LogP contribution in [0.3, 0.4) is 0 Å². The Kier molecular flexibility index (Phi) is 4.68. The Bertz CT molecular complexity index is 973. The molecule has 0 spiro atoms. The predicted octanol–water partition coefficient (Wildman–Crippen LogP) is 2.82. The van der Waals surface area contributed by atoms with Crippen molar-refractivity contribution in [2.24, 2.45) is 0 Å². The van der Waals surface area contributed by atoms with Crippen LogP contribution in [0.4, 0.5) is 5.69 Å². The summed E-state index contributed by atoms with van der Waals surface area (Å²) in [6.07, 6.45) is 0. The molecule has 1 N–H and O–H groups in total. The Hall–Kier alpha value is -3.07. The van der Waals surface area contributed by atoms with Crippen LogP contribution in [-0.2, 0) is 4.79 Å². The van der Waals surface area contributed by atoms with Crippen LogP contribution < -0.4 is 14.8 Å². The molecule has 0 bridgehead atoms. The molecule has 8 nitrogen and oxygen atoms in total. The number of carbonyl (C=O) groups excluding carboxylic acids is 1. The van der Waals surface area contributed by atoms with E-state index in [4.69, 9.17) is 9.47 Å². The largest absolute Gasteiger partial charge is 0.454 e. The molecule has 4 rings (SSSR count). The van der Waals surface area contributed by atoms with Gasteiger partial charge in [0.15, 0.2) is 11.5 Å². The summed E-state index contributed by atoms with van der Waals surface area (Å²) in [5.41, 5.74) is 2.64.